The largest absolute Gasteiger partial charge is 0.384 e. The number of hydrogen-bond donors (Lipinski definition) is 0. The van der Waals surface area contributed by atoms with E-state index in [1.54, 1.807) is 7.11 Å². The highest BCUT2D eigenvalue weighted by molar-refractivity contribution is 5.37. The van der Waals surface area contributed by atoms with Crippen molar-refractivity contribution in [3.05, 3.63) is 47.1 Å². The first-order valence-corrected chi connectivity index (χ1v) is 8.81. The SMILES string of the molecule is COC[C@@H]1CN(Cc2ccccc2C#N)C[C@H]1c1nc(C2CC2)no1. The van der Waals surface area contributed by atoms with E-state index in [0.29, 0.717) is 18.4 Å². The van der Waals surface area contributed by atoms with Crippen molar-refractivity contribution >= 4 is 0 Å². The molecule has 2 heterocycles. The predicted molar refractivity (Wildman–Crippen MR) is 90.8 cm³/mol. The normalized spacial score (nSPS) is 23.7. The second kappa shape index (κ2) is 6.95. The Kier molecular flexibility index (Phi) is 4.51. The first-order chi connectivity index (χ1) is 12.3. The van der Waals surface area contributed by atoms with E-state index in [9.17, 15) is 5.26 Å². The van der Waals surface area contributed by atoms with E-state index in [2.05, 4.69) is 21.1 Å². The maximum Gasteiger partial charge on any atom is 0.231 e. The van der Waals surface area contributed by atoms with Gasteiger partial charge < -0.3 is 9.26 Å². The Morgan fingerprint density at radius 1 is 1.32 bits per heavy atom. The molecule has 2 aliphatic rings. The van der Waals surface area contributed by atoms with Crippen LogP contribution in [0.5, 0.6) is 0 Å². The highest BCUT2D eigenvalue weighted by Crippen LogP contribution is 2.40. The summed E-state index contributed by atoms with van der Waals surface area (Å²) >= 11 is 0. The molecular formula is C19H22N4O2. The predicted octanol–water partition coefficient (Wildman–Crippen LogP) is 2.68. The van der Waals surface area contributed by atoms with Crippen LogP contribution in [0.1, 0.15) is 47.5 Å². The molecule has 1 aromatic carbocycles. The molecule has 0 amide bonds. The minimum absolute atomic E-state index is 0.189. The Morgan fingerprint density at radius 3 is 2.92 bits per heavy atom. The fraction of sp³-hybridized carbons (Fsp3) is 0.526. The second-order valence-corrected chi connectivity index (χ2v) is 7.05. The van der Waals surface area contributed by atoms with Crippen molar-refractivity contribution in [3.63, 3.8) is 0 Å². The molecule has 2 aromatic rings. The highest BCUT2D eigenvalue weighted by atomic mass is 16.5. The number of aromatic nitrogens is 2. The van der Waals surface area contributed by atoms with Crippen molar-refractivity contribution in [1.82, 2.24) is 15.0 Å². The molecule has 0 spiro atoms. The van der Waals surface area contributed by atoms with Gasteiger partial charge in [0, 0.05) is 38.6 Å². The molecule has 25 heavy (non-hydrogen) atoms. The molecule has 1 saturated heterocycles. The van der Waals surface area contributed by atoms with E-state index in [0.717, 1.165) is 42.5 Å². The van der Waals surface area contributed by atoms with Crippen molar-refractivity contribution in [3.8, 4) is 6.07 Å². The van der Waals surface area contributed by atoms with Gasteiger partial charge in [-0.25, -0.2) is 0 Å². The monoisotopic (exact) mass is 338 g/mol. The molecule has 6 nitrogen and oxygen atoms in total. The molecule has 0 N–H and O–H groups in total. The summed E-state index contributed by atoms with van der Waals surface area (Å²) in [5, 5.41) is 13.5. The zero-order chi connectivity index (χ0) is 17.2. The van der Waals surface area contributed by atoms with Gasteiger partial charge >= 0.3 is 0 Å². The Labute approximate surface area is 147 Å². The van der Waals surface area contributed by atoms with E-state index in [1.807, 2.05) is 24.3 Å². The van der Waals surface area contributed by atoms with E-state index in [4.69, 9.17) is 9.26 Å². The summed E-state index contributed by atoms with van der Waals surface area (Å²) in [7, 11) is 1.73. The van der Waals surface area contributed by atoms with Crippen LogP contribution < -0.4 is 0 Å². The standard InChI is InChI=1S/C19H22N4O2/c1-24-12-16-10-23(9-15-5-3-2-4-14(15)8-20)11-17(16)19-21-18(22-25-19)13-6-7-13/h2-5,13,16-17H,6-7,9-12H2,1H3/t16-,17+/m0/s1. The number of nitriles is 1. The summed E-state index contributed by atoms with van der Waals surface area (Å²) in [5.74, 6) is 2.61. The lowest BCUT2D eigenvalue weighted by atomic mass is 9.97. The van der Waals surface area contributed by atoms with Crippen LogP contribution in [0.3, 0.4) is 0 Å². The molecule has 4 rings (SSSR count). The molecule has 0 unspecified atom stereocenters. The van der Waals surface area contributed by atoms with Gasteiger partial charge in [0.15, 0.2) is 5.82 Å². The first kappa shape index (κ1) is 16.2. The smallest absolute Gasteiger partial charge is 0.231 e. The van der Waals surface area contributed by atoms with Crippen LogP contribution in [0.2, 0.25) is 0 Å². The number of ether oxygens (including phenoxy) is 1. The molecule has 6 heteroatoms. The molecule has 0 radical (unpaired) electrons. The van der Waals surface area contributed by atoms with Crippen LogP contribution >= 0.6 is 0 Å². The summed E-state index contributed by atoms with van der Waals surface area (Å²) in [4.78, 5) is 7.00. The quantitative estimate of drug-likeness (QED) is 0.806. The molecule has 1 aromatic heterocycles. The summed E-state index contributed by atoms with van der Waals surface area (Å²) in [5.41, 5.74) is 1.80. The number of benzene rings is 1. The van der Waals surface area contributed by atoms with Crippen LogP contribution in [0.15, 0.2) is 28.8 Å². The lowest BCUT2D eigenvalue weighted by Gasteiger charge is -2.16. The van der Waals surface area contributed by atoms with Crippen LogP contribution in [-0.2, 0) is 11.3 Å². The van der Waals surface area contributed by atoms with Gasteiger partial charge in [0.25, 0.3) is 0 Å². The average molecular weight is 338 g/mol. The zero-order valence-electron chi connectivity index (χ0n) is 14.4. The summed E-state index contributed by atoms with van der Waals surface area (Å²) in [6.07, 6.45) is 2.34. The zero-order valence-corrected chi connectivity index (χ0v) is 14.4. The third-order valence-electron chi connectivity index (χ3n) is 5.15. The minimum Gasteiger partial charge on any atom is -0.384 e. The molecule has 1 aliphatic carbocycles. The van der Waals surface area contributed by atoms with Gasteiger partial charge in [-0.2, -0.15) is 10.2 Å². The van der Waals surface area contributed by atoms with E-state index in [-0.39, 0.29) is 5.92 Å². The van der Waals surface area contributed by atoms with Crippen molar-refractivity contribution in [2.24, 2.45) is 5.92 Å². The van der Waals surface area contributed by atoms with Gasteiger partial charge in [-0.15, -0.1) is 0 Å². The Morgan fingerprint density at radius 2 is 2.16 bits per heavy atom. The van der Waals surface area contributed by atoms with Crippen LogP contribution in [0.25, 0.3) is 0 Å². The van der Waals surface area contributed by atoms with Crippen LogP contribution in [0.4, 0.5) is 0 Å². The summed E-state index contributed by atoms with van der Waals surface area (Å²) < 4.78 is 11.0. The van der Waals surface area contributed by atoms with Crippen LogP contribution in [-0.4, -0.2) is 41.8 Å². The number of hydrogen-bond acceptors (Lipinski definition) is 6. The maximum atomic E-state index is 9.30. The molecular weight excluding hydrogens is 316 g/mol. The third kappa shape index (κ3) is 3.44. The van der Waals surface area contributed by atoms with E-state index < -0.39 is 0 Å². The molecule has 2 atom stereocenters. The lowest BCUT2D eigenvalue weighted by molar-refractivity contribution is 0.142. The number of methoxy groups -OCH3 is 1. The number of likely N-dealkylation sites (tertiary alicyclic amines) is 1. The average Bonchev–Trinajstić information content (AvgIpc) is 3.23. The van der Waals surface area contributed by atoms with Crippen molar-refractivity contribution < 1.29 is 9.26 Å². The lowest BCUT2D eigenvalue weighted by Crippen LogP contribution is -2.21. The van der Waals surface area contributed by atoms with Crippen molar-refractivity contribution in [2.75, 3.05) is 26.8 Å². The first-order valence-electron chi connectivity index (χ1n) is 8.81. The van der Waals surface area contributed by atoms with Gasteiger partial charge in [-0.1, -0.05) is 23.4 Å². The molecule has 0 bridgehead atoms. The molecule has 2 fully saturated rings. The Bertz CT molecular complexity index is 778. The van der Waals surface area contributed by atoms with Gasteiger partial charge in [0.2, 0.25) is 5.89 Å². The topological polar surface area (TPSA) is 75.2 Å². The minimum atomic E-state index is 0.189. The molecule has 130 valence electrons. The van der Waals surface area contributed by atoms with Gasteiger partial charge in [0.1, 0.15) is 0 Å². The number of nitrogens with zero attached hydrogens (tertiary/aromatic N) is 4. The Hall–Kier alpha value is -2.23. The van der Waals surface area contributed by atoms with Gasteiger partial charge in [-0.3, -0.25) is 4.90 Å². The van der Waals surface area contributed by atoms with Crippen LogP contribution in [0, 0.1) is 17.2 Å². The van der Waals surface area contributed by atoms with Crippen molar-refractivity contribution in [1.29, 1.82) is 5.26 Å². The fourth-order valence-corrected chi connectivity index (χ4v) is 3.67. The second-order valence-electron chi connectivity index (χ2n) is 7.05. The van der Waals surface area contributed by atoms with Gasteiger partial charge in [0.05, 0.1) is 24.2 Å². The Balaban J connectivity index is 1.50. The highest BCUT2D eigenvalue weighted by Gasteiger charge is 2.38. The molecule has 1 aliphatic heterocycles. The summed E-state index contributed by atoms with van der Waals surface area (Å²) in [6.45, 7) is 3.17. The fourth-order valence-electron chi connectivity index (χ4n) is 3.67. The van der Waals surface area contributed by atoms with E-state index in [1.165, 1.54) is 12.8 Å². The third-order valence-corrected chi connectivity index (χ3v) is 5.15. The van der Waals surface area contributed by atoms with E-state index >= 15 is 0 Å². The molecule has 1 saturated carbocycles. The number of rotatable bonds is 6. The maximum absolute atomic E-state index is 9.30. The van der Waals surface area contributed by atoms with Gasteiger partial charge in [-0.05, 0) is 24.5 Å². The van der Waals surface area contributed by atoms with Crippen molar-refractivity contribution in [2.45, 2.75) is 31.2 Å². The summed E-state index contributed by atoms with van der Waals surface area (Å²) in [6, 6.07) is 10.1.